The number of nitrogens with two attached hydrogens (primary N) is 1. The zero-order valence-electron chi connectivity index (χ0n) is 11.9. The molecule has 2 unspecified atom stereocenters. The molecular weight excluding hydrogens is 252 g/mol. The fourth-order valence-electron chi connectivity index (χ4n) is 3.46. The minimum atomic E-state index is -0.420. The monoisotopic (exact) mass is 274 g/mol. The van der Waals surface area contributed by atoms with Gasteiger partial charge in [0, 0.05) is 24.7 Å². The summed E-state index contributed by atoms with van der Waals surface area (Å²) in [7, 11) is 1.85. The second-order valence-corrected chi connectivity index (χ2v) is 6.35. The maximum atomic E-state index is 12.1. The van der Waals surface area contributed by atoms with Gasteiger partial charge < -0.3 is 15.7 Å². The first kappa shape index (κ1) is 13.6. The Bertz CT molecular complexity index is 543. The fourth-order valence-corrected chi connectivity index (χ4v) is 3.46. The number of rotatable bonds is 2. The lowest BCUT2D eigenvalue weighted by atomic mass is 9.89. The summed E-state index contributed by atoms with van der Waals surface area (Å²) in [5, 5.41) is 9.37. The number of carbonyl (C=O) groups excluding carboxylic acids is 1. The lowest BCUT2D eigenvalue weighted by Gasteiger charge is -2.26. The van der Waals surface area contributed by atoms with Gasteiger partial charge >= 0.3 is 0 Å². The number of aliphatic hydroxyl groups excluding tert-OH is 1. The molecule has 0 saturated heterocycles. The van der Waals surface area contributed by atoms with Gasteiger partial charge in [0.05, 0.1) is 6.61 Å². The van der Waals surface area contributed by atoms with Crippen LogP contribution in [0.15, 0.2) is 18.2 Å². The predicted molar refractivity (Wildman–Crippen MR) is 77.7 cm³/mol. The topological polar surface area (TPSA) is 66.6 Å². The Morgan fingerprint density at radius 2 is 2.30 bits per heavy atom. The van der Waals surface area contributed by atoms with Gasteiger partial charge in [0.15, 0.2) is 0 Å². The second-order valence-electron chi connectivity index (χ2n) is 6.35. The molecule has 1 saturated carbocycles. The lowest BCUT2D eigenvalue weighted by Crippen LogP contribution is -2.40. The van der Waals surface area contributed by atoms with Crippen molar-refractivity contribution >= 4 is 5.91 Å². The molecule has 3 N–H and O–H groups in total. The van der Waals surface area contributed by atoms with E-state index in [9.17, 15) is 9.90 Å². The first-order valence-corrected chi connectivity index (χ1v) is 7.30. The number of benzene rings is 1. The van der Waals surface area contributed by atoms with Gasteiger partial charge in [-0.3, -0.25) is 4.79 Å². The van der Waals surface area contributed by atoms with E-state index < -0.39 is 5.54 Å². The number of hydrogen-bond donors (Lipinski definition) is 2. The van der Waals surface area contributed by atoms with E-state index in [0.717, 1.165) is 43.4 Å². The Balaban J connectivity index is 1.85. The largest absolute Gasteiger partial charge is 0.394 e. The average Bonchev–Trinajstić information content (AvgIpc) is 2.86. The van der Waals surface area contributed by atoms with Crippen molar-refractivity contribution in [3.8, 4) is 0 Å². The molecule has 4 nitrogen and oxygen atoms in total. The van der Waals surface area contributed by atoms with Crippen LogP contribution >= 0.6 is 0 Å². The van der Waals surface area contributed by atoms with Gasteiger partial charge in [0.25, 0.3) is 5.91 Å². The predicted octanol–water partition coefficient (Wildman–Crippen LogP) is 1.27. The van der Waals surface area contributed by atoms with Gasteiger partial charge in [-0.1, -0.05) is 12.1 Å². The summed E-state index contributed by atoms with van der Waals surface area (Å²) < 4.78 is 0. The van der Waals surface area contributed by atoms with E-state index in [0.29, 0.717) is 5.92 Å². The summed E-state index contributed by atoms with van der Waals surface area (Å²) in [6.07, 6.45) is 3.64. The van der Waals surface area contributed by atoms with E-state index in [-0.39, 0.29) is 12.5 Å². The van der Waals surface area contributed by atoms with E-state index >= 15 is 0 Å². The Morgan fingerprint density at radius 1 is 1.50 bits per heavy atom. The van der Waals surface area contributed by atoms with Gasteiger partial charge in [-0.2, -0.15) is 0 Å². The Labute approximate surface area is 119 Å². The van der Waals surface area contributed by atoms with E-state index in [1.54, 1.807) is 4.90 Å². The quantitative estimate of drug-likeness (QED) is 0.853. The molecule has 0 radical (unpaired) electrons. The molecule has 1 amide bonds. The average molecular weight is 274 g/mol. The highest BCUT2D eigenvalue weighted by Gasteiger charge is 2.36. The number of likely N-dealkylation sites (N-methyl/N-ethyl adjacent to an activating group) is 1. The van der Waals surface area contributed by atoms with Crippen molar-refractivity contribution in [2.24, 2.45) is 5.73 Å². The van der Waals surface area contributed by atoms with E-state index in [1.807, 2.05) is 13.1 Å². The fraction of sp³-hybridized carbons (Fsp3) is 0.562. The third-order valence-corrected chi connectivity index (χ3v) is 4.85. The molecule has 0 spiro atoms. The molecular formula is C16H22N2O2. The zero-order chi connectivity index (χ0) is 14.3. The highest BCUT2D eigenvalue weighted by molar-refractivity contribution is 5.96. The summed E-state index contributed by atoms with van der Waals surface area (Å²) >= 11 is 0. The summed E-state index contributed by atoms with van der Waals surface area (Å²) in [6.45, 7) is 0.842. The smallest absolute Gasteiger partial charge is 0.253 e. The maximum Gasteiger partial charge on any atom is 0.253 e. The number of aliphatic hydroxyl groups is 1. The molecule has 1 aromatic rings. The molecule has 0 aromatic heterocycles. The third kappa shape index (κ3) is 2.23. The molecule has 20 heavy (non-hydrogen) atoms. The van der Waals surface area contributed by atoms with Gasteiger partial charge in [0.2, 0.25) is 0 Å². The van der Waals surface area contributed by atoms with Crippen molar-refractivity contribution in [3.05, 3.63) is 34.9 Å². The first-order valence-electron chi connectivity index (χ1n) is 7.30. The number of hydrogen-bond acceptors (Lipinski definition) is 3. The zero-order valence-corrected chi connectivity index (χ0v) is 11.9. The summed E-state index contributed by atoms with van der Waals surface area (Å²) in [4.78, 5) is 13.8. The highest BCUT2D eigenvalue weighted by Crippen LogP contribution is 2.40. The van der Waals surface area contributed by atoms with E-state index in [1.165, 1.54) is 5.56 Å². The van der Waals surface area contributed by atoms with Crippen LogP contribution in [0.5, 0.6) is 0 Å². The van der Waals surface area contributed by atoms with Crippen molar-refractivity contribution in [1.29, 1.82) is 0 Å². The highest BCUT2D eigenvalue weighted by atomic mass is 16.3. The van der Waals surface area contributed by atoms with Crippen molar-refractivity contribution in [3.63, 3.8) is 0 Å². The SMILES string of the molecule is CN1CCc2cc(C3CCC(N)(CO)C3)ccc2C1=O. The number of fused-ring (bicyclic) bond motifs is 1. The van der Waals surface area contributed by atoms with Gasteiger partial charge in [0.1, 0.15) is 0 Å². The first-order chi connectivity index (χ1) is 9.52. The van der Waals surface area contributed by atoms with Crippen molar-refractivity contribution in [2.45, 2.75) is 37.1 Å². The van der Waals surface area contributed by atoms with Crippen LogP contribution in [-0.4, -0.2) is 41.7 Å². The van der Waals surface area contributed by atoms with Crippen LogP contribution in [-0.2, 0) is 6.42 Å². The van der Waals surface area contributed by atoms with Crippen molar-refractivity contribution in [2.75, 3.05) is 20.2 Å². The minimum absolute atomic E-state index is 0.0533. The third-order valence-electron chi connectivity index (χ3n) is 4.85. The van der Waals surface area contributed by atoms with Gasteiger partial charge in [-0.15, -0.1) is 0 Å². The summed E-state index contributed by atoms with van der Waals surface area (Å²) in [6, 6.07) is 6.19. The molecule has 1 heterocycles. The molecule has 0 bridgehead atoms. The molecule has 1 aromatic carbocycles. The normalized spacial score (nSPS) is 29.6. The van der Waals surface area contributed by atoms with Crippen LogP contribution in [0.3, 0.4) is 0 Å². The molecule has 1 aliphatic heterocycles. The van der Waals surface area contributed by atoms with Crippen molar-refractivity contribution in [1.82, 2.24) is 4.90 Å². The maximum absolute atomic E-state index is 12.1. The Hall–Kier alpha value is -1.39. The number of amides is 1. The summed E-state index contributed by atoms with van der Waals surface area (Å²) in [5.74, 6) is 0.528. The molecule has 1 fully saturated rings. The van der Waals surface area contributed by atoms with E-state index in [4.69, 9.17) is 5.73 Å². The van der Waals surface area contributed by atoms with E-state index in [2.05, 4.69) is 12.1 Å². The van der Waals surface area contributed by atoms with Crippen molar-refractivity contribution < 1.29 is 9.90 Å². The van der Waals surface area contributed by atoms with Crippen LogP contribution in [0.1, 0.15) is 46.7 Å². The molecule has 2 aliphatic rings. The Kier molecular flexibility index (Phi) is 3.30. The molecule has 3 rings (SSSR count). The molecule has 108 valence electrons. The van der Waals surface area contributed by atoms with Crippen LogP contribution in [0.4, 0.5) is 0 Å². The summed E-state index contributed by atoms with van der Waals surface area (Å²) in [5.41, 5.74) is 8.99. The minimum Gasteiger partial charge on any atom is -0.394 e. The van der Waals surface area contributed by atoms with Crippen LogP contribution in [0.25, 0.3) is 0 Å². The van der Waals surface area contributed by atoms with Crippen LogP contribution < -0.4 is 5.73 Å². The van der Waals surface area contributed by atoms with Crippen LogP contribution in [0, 0.1) is 0 Å². The molecule has 2 atom stereocenters. The van der Waals surface area contributed by atoms with Crippen LogP contribution in [0.2, 0.25) is 0 Å². The lowest BCUT2D eigenvalue weighted by molar-refractivity contribution is 0.0781. The van der Waals surface area contributed by atoms with Gasteiger partial charge in [-0.25, -0.2) is 0 Å². The Morgan fingerprint density at radius 3 is 3.00 bits per heavy atom. The number of carbonyl (C=O) groups is 1. The molecule has 4 heteroatoms. The number of nitrogens with zero attached hydrogens (tertiary/aromatic N) is 1. The van der Waals surface area contributed by atoms with Gasteiger partial charge in [-0.05, 0) is 48.8 Å². The standard InChI is InChI=1S/C16H22N2O2/c1-18-7-5-12-8-11(2-3-14(12)15(18)20)13-4-6-16(17,9-13)10-19/h2-3,8,13,19H,4-7,9-10,17H2,1H3. The second kappa shape index (κ2) is 4.86. The molecule has 1 aliphatic carbocycles.